The number of hydrogen-bond acceptors (Lipinski definition) is 6. The van der Waals surface area contributed by atoms with E-state index in [0.717, 1.165) is 4.68 Å². The van der Waals surface area contributed by atoms with Crippen molar-refractivity contribution in [1.29, 1.82) is 0 Å². The van der Waals surface area contributed by atoms with E-state index in [1.165, 1.54) is 24.3 Å². The molecule has 3 aromatic carbocycles. The lowest BCUT2D eigenvalue weighted by Crippen LogP contribution is -2.29. The van der Waals surface area contributed by atoms with E-state index in [0.29, 0.717) is 22.8 Å². The number of halogens is 3. The van der Waals surface area contributed by atoms with Crippen LogP contribution in [0.15, 0.2) is 84.9 Å². The third kappa shape index (κ3) is 7.25. The molecule has 2 N–H and O–H groups in total. The second-order valence-electron chi connectivity index (χ2n) is 10.2. The van der Waals surface area contributed by atoms with Gasteiger partial charge < -0.3 is 10.2 Å². The van der Waals surface area contributed by atoms with Crippen molar-refractivity contribution >= 4 is 23.3 Å². The molecule has 0 unspecified atom stereocenters. The van der Waals surface area contributed by atoms with Gasteiger partial charge in [-0.3, -0.25) is 9.59 Å². The first-order valence-corrected chi connectivity index (χ1v) is 12.5. The van der Waals surface area contributed by atoms with Gasteiger partial charge in [0.05, 0.1) is 17.6 Å². The summed E-state index contributed by atoms with van der Waals surface area (Å²) in [5.74, 6) is -1.62. The Morgan fingerprint density at radius 2 is 1.54 bits per heavy atom. The van der Waals surface area contributed by atoms with E-state index in [4.69, 9.17) is 4.84 Å². The average molecular weight is 565 g/mol. The Morgan fingerprint density at radius 1 is 0.854 bits per heavy atom. The smallest absolute Gasteiger partial charge is 0.370 e. The van der Waals surface area contributed by atoms with Gasteiger partial charge in [-0.2, -0.15) is 18.3 Å². The van der Waals surface area contributed by atoms with Crippen molar-refractivity contribution in [3.8, 4) is 5.69 Å². The number of hydroxylamine groups is 1. The average Bonchev–Trinajstić information content (AvgIpc) is 3.40. The molecule has 41 heavy (non-hydrogen) atoms. The van der Waals surface area contributed by atoms with E-state index in [1.54, 1.807) is 75.4 Å². The summed E-state index contributed by atoms with van der Waals surface area (Å²) < 4.78 is 41.7. The van der Waals surface area contributed by atoms with Gasteiger partial charge in [0.15, 0.2) is 11.5 Å². The molecule has 0 radical (unpaired) electrons. The zero-order valence-electron chi connectivity index (χ0n) is 22.5. The van der Waals surface area contributed by atoms with E-state index >= 15 is 0 Å². The summed E-state index contributed by atoms with van der Waals surface area (Å²) in [6.07, 6.45) is -4.80. The Balaban J connectivity index is 1.59. The number of ketones is 1. The van der Waals surface area contributed by atoms with Gasteiger partial charge in [0, 0.05) is 22.9 Å². The summed E-state index contributed by atoms with van der Waals surface area (Å²) in [6, 6.07) is 21.6. The summed E-state index contributed by atoms with van der Waals surface area (Å²) in [4.78, 5) is 43.1. The number of rotatable bonds is 8. The van der Waals surface area contributed by atoms with Crippen molar-refractivity contribution in [1.82, 2.24) is 15.3 Å². The van der Waals surface area contributed by atoms with Gasteiger partial charge in [0.1, 0.15) is 5.69 Å². The van der Waals surface area contributed by atoms with Crippen LogP contribution < -0.4 is 10.8 Å². The SMILES string of the molecule is CC(C)(C)C(=O)ONCc1cccc(-n2nc(C(F)(F)F)cc2C(=O)Nc2cccc(C(=O)c3ccccc3)c2)c1. The molecule has 1 aromatic heterocycles. The highest BCUT2D eigenvalue weighted by Crippen LogP contribution is 2.30. The maximum atomic E-state index is 13.6. The largest absolute Gasteiger partial charge is 0.435 e. The van der Waals surface area contributed by atoms with Crippen molar-refractivity contribution in [2.45, 2.75) is 33.5 Å². The molecule has 4 rings (SSSR count). The van der Waals surface area contributed by atoms with Gasteiger partial charge in [0.2, 0.25) is 0 Å². The number of nitrogens with zero attached hydrogens (tertiary/aromatic N) is 2. The van der Waals surface area contributed by atoms with Crippen molar-refractivity contribution in [2.75, 3.05) is 5.32 Å². The predicted octanol–water partition coefficient (Wildman–Crippen LogP) is 5.97. The molecule has 0 saturated heterocycles. The molecule has 0 saturated carbocycles. The molecule has 0 aliphatic rings. The first kappa shape index (κ1) is 29.2. The van der Waals surface area contributed by atoms with E-state index in [9.17, 15) is 27.6 Å². The van der Waals surface area contributed by atoms with E-state index in [1.807, 2.05) is 0 Å². The number of nitrogens with one attached hydrogen (secondary N) is 2. The highest BCUT2D eigenvalue weighted by atomic mass is 19.4. The lowest BCUT2D eigenvalue weighted by molar-refractivity contribution is -0.161. The highest BCUT2D eigenvalue weighted by Gasteiger charge is 2.36. The second-order valence-corrected chi connectivity index (χ2v) is 10.2. The third-order valence-corrected chi connectivity index (χ3v) is 5.86. The van der Waals surface area contributed by atoms with Gasteiger partial charge >= 0.3 is 12.1 Å². The van der Waals surface area contributed by atoms with Gasteiger partial charge in [-0.25, -0.2) is 9.48 Å². The Morgan fingerprint density at radius 3 is 2.22 bits per heavy atom. The summed E-state index contributed by atoms with van der Waals surface area (Å²) in [5.41, 5.74) is 1.90. The molecule has 212 valence electrons. The Labute approximate surface area is 234 Å². The molecule has 8 nitrogen and oxygen atoms in total. The standard InChI is InChI=1S/C30H27F3N4O4/c1-29(2,3)28(40)41-34-18-19-9-7-14-23(15-19)37-24(17-25(36-37)30(31,32)33)27(39)35-22-13-8-12-21(16-22)26(38)20-10-5-4-6-11-20/h4-17,34H,18H2,1-3H3,(H,35,39). The van der Waals surface area contributed by atoms with Crippen LogP contribution in [-0.4, -0.2) is 27.4 Å². The van der Waals surface area contributed by atoms with E-state index < -0.39 is 29.2 Å². The minimum Gasteiger partial charge on any atom is -0.370 e. The summed E-state index contributed by atoms with van der Waals surface area (Å²) in [5, 5.41) is 6.22. The van der Waals surface area contributed by atoms with Crippen LogP contribution in [0.2, 0.25) is 0 Å². The monoisotopic (exact) mass is 564 g/mol. The minimum absolute atomic E-state index is 0.0623. The van der Waals surface area contributed by atoms with Crippen LogP contribution in [0.25, 0.3) is 5.69 Å². The Kier molecular flexibility index (Phi) is 8.39. The molecule has 1 heterocycles. The van der Waals surface area contributed by atoms with Crippen molar-refractivity contribution in [3.05, 3.63) is 113 Å². The summed E-state index contributed by atoms with van der Waals surface area (Å²) in [6.45, 7) is 5.14. The van der Waals surface area contributed by atoms with Gasteiger partial charge in [-0.1, -0.05) is 54.6 Å². The number of anilines is 1. The predicted molar refractivity (Wildman–Crippen MR) is 145 cm³/mol. The molecular formula is C30H27F3N4O4. The van der Waals surface area contributed by atoms with Gasteiger partial charge in [-0.05, 0) is 50.6 Å². The molecule has 0 aliphatic carbocycles. The van der Waals surface area contributed by atoms with Crippen LogP contribution in [-0.2, 0) is 22.4 Å². The number of hydrogen-bond donors (Lipinski definition) is 2. The number of benzene rings is 3. The number of carbonyl (C=O) groups excluding carboxylic acids is 3. The number of amides is 1. The summed E-state index contributed by atoms with van der Waals surface area (Å²) in [7, 11) is 0. The lowest BCUT2D eigenvalue weighted by Gasteiger charge is -2.16. The lowest BCUT2D eigenvalue weighted by atomic mass is 9.98. The molecular weight excluding hydrogens is 537 g/mol. The Hall–Kier alpha value is -4.77. The molecule has 1 amide bonds. The molecule has 0 spiro atoms. The molecule has 0 aliphatic heterocycles. The van der Waals surface area contributed by atoms with Crippen LogP contribution >= 0.6 is 0 Å². The normalized spacial score (nSPS) is 11.7. The van der Waals surface area contributed by atoms with Crippen molar-refractivity contribution in [3.63, 3.8) is 0 Å². The van der Waals surface area contributed by atoms with Crippen LogP contribution in [0.1, 0.15) is 58.4 Å². The second kappa shape index (κ2) is 11.8. The topological polar surface area (TPSA) is 102 Å². The first-order chi connectivity index (χ1) is 19.3. The minimum atomic E-state index is -4.80. The first-order valence-electron chi connectivity index (χ1n) is 12.5. The Bertz CT molecular complexity index is 1570. The number of aromatic nitrogens is 2. The zero-order valence-corrected chi connectivity index (χ0v) is 22.5. The highest BCUT2D eigenvalue weighted by molar-refractivity contribution is 6.10. The quantitative estimate of drug-likeness (QED) is 0.202. The zero-order chi connectivity index (χ0) is 29.8. The van der Waals surface area contributed by atoms with Crippen molar-refractivity contribution in [2.24, 2.45) is 5.41 Å². The number of alkyl halides is 3. The molecule has 4 aromatic rings. The fourth-order valence-electron chi connectivity index (χ4n) is 3.70. The maximum Gasteiger partial charge on any atom is 0.435 e. The van der Waals surface area contributed by atoms with Crippen LogP contribution in [0.3, 0.4) is 0 Å². The van der Waals surface area contributed by atoms with Crippen LogP contribution in [0.4, 0.5) is 18.9 Å². The fraction of sp³-hybridized carbons (Fsp3) is 0.200. The maximum absolute atomic E-state index is 13.6. The van der Waals surface area contributed by atoms with Gasteiger partial charge in [-0.15, -0.1) is 5.48 Å². The summed E-state index contributed by atoms with van der Waals surface area (Å²) >= 11 is 0. The van der Waals surface area contributed by atoms with E-state index in [-0.39, 0.29) is 29.4 Å². The van der Waals surface area contributed by atoms with Crippen LogP contribution in [0.5, 0.6) is 0 Å². The molecule has 0 atom stereocenters. The molecule has 11 heteroatoms. The number of carbonyl (C=O) groups is 3. The van der Waals surface area contributed by atoms with Gasteiger partial charge in [0.25, 0.3) is 5.91 Å². The molecule has 0 fully saturated rings. The third-order valence-electron chi connectivity index (χ3n) is 5.86. The fourth-order valence-corrected chi connectivity index (χ4v) is 3.70. The van der Waals surface area contributed by atoms with Crippen molar-refractivity contribution < 1.29 is 32.4 Å². The molecule has 0 bridgehead atoms. The van der Waals surface area contributed by atoms with E-state index in [2.05, 4.69) is 15.9 Å². The van der Waals surface area contributed by atoms with Crippen LogP contribution in [0, 0.1) is 5.41 Å².